The maximum absolute atomic E-state index is 14.3. The Labute approximate surface area is 185 Å². The number of rotatable bonds is 8. The molecule has 0 spiro atoms. The van der Waals surface area contributed by atoms with Gasteiger partial charge in [0.2, 0.25) is 0 Å². The molecule has 0 N–H and O–H groups in total. The van der Waals surface area contributed by atoms with Gasteiger partial charge in [0.1, 0.15) is 12.7 Å². The van der Waals surface area contributed by atoms with E-state index in [0.717, 1.165) is 36.5 Å². The average Bonchev–Trinajstić information content (AvgIpc) is 3.33. The van der Waals surface area contributed by atoms with Crippen molar-refractivity contribution >= 4 is 5.78 Å². The number of Topliss-reactive ketones (excluding diaryl/α,β-unsaturated/α-hetero) is 1. The summed E-state index contributed by atoms with van der Waals surface area (Å²) in [5, 5.41) is 0. The molecule has 1 aromatic heterocycles. The van der Waals surface area contributed by atoms with Gasteiger partial charge < -0.3 is 14.0 Å². The molecule has 4 rings (SSSR count). The van der Waals surface area contributed by atoms with Crippen molar-refractivity contribution in [1.82, 2.24) is 14.5 Å². The van der Waals surface area contributed by atoms with E-state index in [-0.39, 0.29) is 30.5 Å². The number of hydrogen-bond acceptors (Lipinski definition) is 5. The summed E-state index contributed by atoms with van der Waals surface area (Å²) in [7, 11) is 0. The number of imidazole rings is 1. The fourth-order valence-electron chi connectivity index (χ4n) is 3.71. The molecule has 1 aliphatic heterocycles. The third kappa shape index (κ3) is 5.20. The SMILES string of the molecule is CCC(=O)c1cc(F)c(OCC2CN(Cc3ccc(-n4ccnc4)cc3)CCO2)c(F)c1. The third-order valence-corrected chi connectivity index (χ3v) is 5.42. The molecule has 1 atom stereocenters. The van der Waals surface area contributed by atoms with Crippen molar-refractivity contribution in [2.24, 2.45) is 0 Å². The van der Waals surface area contributed by atoms with Crippen LogP contribution in [0.25, 0.3) is 5.69 Å². The number of aromatic nitrogens is 2. The first kappa shape index (κ1) is 22.1. The highest BCUT2D eigenvalue weighted by molar-refractivity contribution is 5.96. The normalized spacial score (nSPS) is 16.8. The minimum absolute atomic E-state index is 0.00833. The molecule has 1 unspecified atom stereocenters. The van der Waals surface area contributed by atoms with E-state index in [1.807, 2.05) is 22.9 Å². The summed E-state index contributed by atoms with van der Waals surface area (Å²) in [6, 6.07) is 10.3. The molecular formula is C24H25F2N3O3. The lowest BCUT2D eigenvalue weighted by molar-refractivity contribution is -0.0513. The zero-order chi connectivity index (χ0) is 22.5. The summed E-state index contributed by atoms with van der Waals surface area (Å²) < 4.78 is 41.6. The minimum Gasteiger partial charge on any atom is -0.485 e. The number of carbonyl (C=O) groups excluding carboxylic acids is 1. The lowest BCUT2D eigenvalue weighted by atomic mass is 10.1. The second kappa shape index (κ2) is 10.0. The highest BCUT2D eigenvalue weighted by atomic mass is 19.1. The Morgan fingerprint density at radius 1 is 1.22 bits per heavy atom. The first-order chi connectivity index (χ1) is 15.5. The van der Waals surface area contributed by atoms with E-state index >= 15 is 0 Å². The third-order valence-electron chi connectivity index (χ3n) is 5.42. The maximum atomic E-state index is 14.3. The number of hydrogen-bond donors (Lipinski definition) is 0. The van der Waals surface area contributed by atoms with E-state index in [4.69, 9.17) is 9.47 Å². The first-order valence-electron chi connectivity index (χ1n) is 10.6. The van der Waals surface area contributed by atoms with Crippen LogP contribution in [0.4, 0.5) is 8.78 Å². The molecule has 1 aliphatic rings. The van der Waals surface area contributed by atoms with E-state index in [1.54, 1.807) is 19.4 Å². The molecular weight excluding hydrogens is 416 g/mol. The Kier molecular flexibility index (Phi) is 6.92. The molecule has 0 aliphatic carbocycles. The molecule has 0 saturated carbocycles. The molecule has 0 bridgehead atoms. The molecule has 32 heavy (non-hydrogen) atoms. The Balaban J connectivity index is 1.33. The summed E-state index contributed by atoms with van der Waals surface area (Å²) in [4.78, 5) is 18.0. The van der Waals surface area contributed by atoms with Crippen LogP contribution in [-0.2, 0) is 11.3 Å². The number of morpholine rings is 1. The topological polar surface area (TPSA) is 56.6 Å². The summed E-state index contributed by atoms with van der Waals surface area (Å²) >= 11 is 0. The smallest absolute Gasteiger partial charge is 0.190 e. The second-order valence-electron chi connectivity index (χ2n) is 7.72. The summed E-state index contributed by atoms with van der Waals surface area (Å²) in [6.07, 6.45) is 5.24. The van der Waals surface area contributed by atoms with Crippen LogP contribution in [-0.4, -0.2) is 52.6 Å². The maximum Gasteiger partial charge on any atom is 0.190 e. The van der Waals surface area contributed by atoms with Crippen molar-refractivity contribution < 1.29 is 23.0 Å². The highest BCUT2D eigenvalue weighted by Crippen LogP contribution is 2.25. The van der Waals surface area contributed by atoms with Crippen molar-refractivity contribution in [2.45, 2.75) is 26.0 Å². The monoisotopic (exact) mass is 441 g/mol. The van der Waals surface area contributed by atoms with Crippen molar-refractivity contribution in [3.8, 4) is 11.4 Å². The van der Waals surface area contributed by atoms with Gasteiger partial charge in [-0.15, -0.1) is 0 Å². The highest BCUT2D eigenvalue weighted by Gasteiger charge is 2.23. The number of benzene rings is 2. The van der Waals surface area contributed by atoms with Crippen LogP contribution in [0.1, 0.15) is 29.3 Å². The number of ether oxygens (including phenoxy) is 2. The molecule has 2 aromatic carbocycles. The molecule has 0 amide bonds. The molecule has 168 valence electrons. The summed E-state index contributed by atoms with van der Waals surface area (Å²) in [6.45, 7) is 4.25. The van der Waals surface area contributed by atoms with Crippen LogP contribution in [0, 0.1) is 11.6 Å². The van der Waals surface area contributed by atoms with Crippen LogP contribution < -0.4 is 4.74 Å². The Morgan fingerprint density at radius 2 is 1.97 bits per heavy atom. The number of ketones is 1. The van der Waals surface area contributed by atoms with Gasteiger partial charge in [-0.05, 0) is 29.8 Å². The van der Waals surface area contributed by atoms with Gasteiger partial charge in [-0.2, -0.15) is 0 Å². The lowest BCUT2D eigenvalue weighted by Gasteiger charge is -2.32. The van der Waals surface area contributed by atoms with Gasteiger partial charge in [-0.25, -0.2) is 13.8 Å². The lowest BCUT2D eigenvalue weighted by Crippen LogP contribution is -2.44. The molecule has 2 heterocycles. The Bertz CT molecular complexity index is 1030. The van der Waals surface area contributed by atoms with Crippen molar-refractivity contribution in [3.05, 3.63) is 77.9 Å². The molecule has 3 aromatic rings. The van der Waals surface area contributed by atoms with Gasteiger partial charge in [0.25, 0.3) is 0 Å². The minimum atomic E-state index is -0.882. The van der Waals surface area contributed by atoms with E-state index < -0.39 is 17.4 Å². The molecule has 1 fully saturated rings. The van der Waals surface area contributed by atoms with E-state index in [9.17, 15) is 13.6 Å². The standard InChI is InChI=1S/C24H25F2N3O3/c1-2-23(30)18-11-21(25)24(22(26)12-18)32-15-20-14-28(9-10-31-20)13-17-3-5-19(6-4-17)29-8-7-27-16-29/h3-8,11-12,16,20H,2,9-10,13-15H2,1H3. The summed E-state index contributed by atoms with van der Waals surface area (Å²) in [5.41, 5.74) is 2.20. The Morgan fingerprint density at radius 3 is 2.62 bits per heavy atom. The number of nitrogens with zero attached hydrogens (tertiary/aromatic N) is 3. The fraction of sp³-hybridized carbons (Fsp3) is 0.333. The molecule has 0 radical (unpaired) electrons. The van der Waals surface area contributed by atoms with E-state index in [2.05, 4.69) is 22.0 Å². The number of halogens is 2. The zero-order valence-electron chi connectivity index (χ0n) is 17.8. The quantitative estimate of drug-likeness (QED) is 0.494. The van der Waals surface area contributed by atoms with E-state index in [1.165, 1.54) is 0 Å². The van der Waals surface area contributed by atoms with Gasteiger partial charge in [0.05, 0.1) is 12.9 Å². The predicted molar refractivity (Wildman–Crippen MR) is 115 cm³/mol. The largest absolute Gasteiger partial charge is 0.485 e. The summed E-state index contributed by atoms with van der Waals surface area (Å²) in [5.74, 6) is -2.56. The fourth-order valence-corrected chi connectivity index (χ4v) is 3.71. The van der Waals surface area contributed by atoms with Crippen LogP contribution >= 0.6 is 0 Å². The van der Waals surface area contributed by atoms with Crippen molar-refractivity contribution in [2.75, 3.05) is 26.3 Å². The Hall–Kier alpha value is -3.10. The van der Waals surface area contributed by atoms with Gasteiger partial charge >= 0.3 is 0 Å². The van der Waals surface area contributed by atoms with Crippen molar-refractivity contribution in [3.63, 3.8) is 0 Å². The second-order valence-corrected chi connectivity index (χ2v) is 7.72. The van der Waals surface area contributed by atoms with Crippen LogP contribution in [0.5, 0.6) is 5.75 Å². The molecule has 6 nitrogen and oxygen atoms in total. The van der Waals surface area contributed by atoms with Gasteiger partial charge in [-0.3, -0.25) is 9.69 Å². The molecule has 8 heteroatoms. The van der Waals surface area contributed by atoms with Gasteiger partial charge in [0.15, 0.2) is 23.2 Å². The first-order valence-corrected chi connectivity index (χ1v) is 10.6. The van der Waals surface area contributed by atoms with Crippen LogP contribution in [0.2, 0.25) is 0 Å². The predicted octanol–water partition coefficient (Wildman–Crippen LogP) is 4.02. The zero-order valence-corrected chi connectivity index (χ0v) is 17.8. The van der Waals surface area contributed by atoms with Crippen LogP contribution in [0.3, 0.4) is 0 Å². The number of carbonyl (C=O) groups is 1. The van der Waals surface area contributed by atoms with E-state index in [0.29, 0.717) is 13.2 Å². The van der Waals surface area contributed by atoms with Gasteiger partial charge in [-0.1, -0.05) is 19.1 Å². The van der Waals surface area contributed by atoms with Crippen molar-refractivity contribution in [1.29, 1.82) is 0 Å². The van der Waals surface area contributed by atoms with Crippen LogP contribution in [0.15, 0.2) is 55.1 Å². The molecule has 1 saturated heterocycles. The average molecular weight is 441 g/mol. The van der Waals surface area contributed by atoms with Gasteiger partial charge in [0, 0.05) is 49.7 Å².